The quantitative estimate of drug-likeness (QED) is 0.667. The molecule has 0 saturated carbocycles. The first-order valence-corrected chi connectivity index (χ1v) is 10.1. The van der Waals surface area contributed by atoms with Gasteiger partial charge < -0.3 is 19.1 Å². The summed E-state index contributed by atoms with van der Waals surface area (Å²) in [5.41, 5.74) is 0.853. The van der Waals surface area contributed by atoms with Crippen molar-refractivity contribution >= 4 is 11.7 Å². The van der Waals surface area contributed by atoms with E-state index < -0.39 is 5.82 Å². The molecule has 4 rings (SSSR count). The number of methoxy groups -OCH3 is 1. The molecule has 9 nitrogen and oxygen atoms in total. The smallest absolute Gasteiger partial charge is 0.261 e. The Morgan fingerprint density at radius 1 is 1.39 bits per heavy atom. The fraction of sp³-hybridized carbons (Fsp3) is 0.429. The maximum Gasteiger partial charge on any atom is 0.261 e. The maximum atomic E-state index is 13.9. The van der Waals surface area contributed by atoms with Gasteiger partial charge in [-0.05, 0) is 38.0 Å². The maximum absolute atomic E-state index is 13.9. The average Bonchev–Trinajstić information content (AvgIpc) is 3.40. The molecule has 1 aliphatic heterocycles. The summed E-state index contributed by atoms with van der Waals surface area (Å²) in [5, 5.41) is 11.2. The third kappa shape index (κ3) is 3.97. The van der Waals surface area contributed by atoms with Crippen LogP contribution in [0.5, 0.6) is 5.75 Å². The molecule has 0 aliphatic carbocycles. The summed E-state index contributed by atoms with van der Waals surface area (Å²) in [7, 11) is 4.97. The van der Waals surface area contributed by atoms with Crippen LogP contribution < -0.4 is 9.64 Å². The van der Waals surface area contributed by atoms with E-state index in [9.17, 15) is 9.18 Å². The number of H-pyrrole nitrogens is 1. The van der Waals surface area contributed by atoms with Crippen molar-refractivity contribution in [1.29, 1.82) is 0 Å². The molecule has 3 aromatic rings. The van der Waals surface area contributed by atoms with E-state index in [1.807, 2.05) is 6.92 Å². The standard InChI is InChI=1S/C21H25FN6O3/c1-12-23-19(25-24-12)14-6-5-9-28(11-14)21(29)17-18(31-26-20(17)27(2)3)13-7-8-15(22)16(10-13)30-4/h7-8,10,14H,5-6,9,11H2,1-4H3,(H,23,24,25). The van der Waals surface area contributed by atoms with E-state index >= 15 is 0 Å². The Labute approximate surface area is 179 Å². The van der Waals surface area contributed by atoms with Crippen LogP contribution in [0.3, 0.4) is 0 Å². The molecule has 1 aromatic carbocycles. The summed E-state index contributed by atoms with van der Waals surface area (Å²) in [6.45, 7) is 2.97. The number of hydrogen-bond donors (Lipinski definition) is 1. The van der Waals surface area contributed by atoms with Gasteiger partial charge >= 0.3 is 0 Å². The lowest BCUT2D eigenvalue weighted by atomic mass is 9.96. The lowest BCUT2D eigenvalue weighted by Gasteiger charge is -2.31. The lowest BCUT2D eigenvalue weighted by Crippen LogP contribution is -2.40. The number of carbonyl (C=O) groups is 1. The highest BCUT2D eigenvalue weighted by molar-refractivity contribution is 6.04. The number of aromatic amines is 1. The Hall–Kier alpha value is -3.43. The number of likely N-dealkylation sites (tertiary alicyclic amines) is 1. The number of ether oxygens (including phenoxy) is 1. The number of halogens is 1. The van der Waals surface area contributed by atoms with Crippen LogP contribution in [-0.4, -0.2) is 65.4 Å². The molecule has 0 spiro atoms. The number of anilines is 1. The predicted octanol–water partition coefficient (Wildman–Crippen LogP) is 3.00. The molecule has 1 amide bonds. The van der Waals surface area contributed by atoms with Gasteiger partial charge in [0, 0.05) is 38.7 Å². The molecular formula is C21H25FN6O3. The monoisotopic (exact) mass is 428 g/mol. The molecule has 2 aromatic heterocycles. The average molecular weight is 428 g/mol. The van der Waals surface area contributed by atoms with Gasteiger partial charge in [0.15, 0.2) is 29.0 Å². The Morgan fingerprint density at radius 2 is 2.19 bits per heavy atom. The van der Waals surface area contributed by atoms with Crippen LogP contribution in [0.2, 0.25) is 0 Å². The van der Waals surface area contributed by atoms with Crippen molar-refractivity contribution in [3.63, 3.8) is 0 Å². The molecule has 1 unspecified atom stereocenters. The van der Waals surface area contributed by atoms with Crippen molar-refractivity contribution in [2.45, 2.75) is 25.7 Å². The van der Waals surface area contributed by atoms with Crippen LogP contribution >= 0.6 is 0 Å². The van der Waals surface area contributed by atoms with E-state index in [4.69, 9.17) is 9.26 Å². The predicted molar refractivity (Wildman–Crippen MR) is 112 cm³/mol. The van der Waals surface area contributed by atoms with Crippen LogP contribution in [0.1, 0.15) is 40.8 Å². The van der Waals surface area contributed by atoms with Crippen LogP contribution in [0.25, 0.3) is 11.3 Å². The molecule has 31 heavy (non-hydrogen) atoms. The number of aryl methyl sites for hydroxylation is 1. The second-order valence-electron chi connectivity index (χ2n) is 7.82. The molecular weight excluding hydrogens is 403 g/mol. The second-order valence-corrected chi connectivity index (χ2v) is 7.82. The van der Waals surface area contributed by atoms with E-state index in [0.717, 1.165) is 24.5 Å². The van der Waals surface area contributed by atoms with Crippen molar-refractivity contribution < 1.29 is 18.4 Å². The normalized spacial score (nSPS) is 16.4. The number of benzene rings is 1. The fourth-order valence-electron chi connectivity index (χ4n) is 3.85. The minimum absolute atomic E-state index is 0.0553. The largest absolute Gasteiger partial charge is 0.494 e. The first-order valence-electron chi connectivity index (χ1n) is 10.1. The third-order valence-electron chi connectivity index (χ3n) is 5.41. The molecule has 0 radical (unpaired) electrons. The van der Waals surface area contributed by atoms with E-state index in [1.165, 1.54) is 19.2 Å². The van der Waals surface area contributed by atoms with Crippen LogP contribution in [0, 0.1) is 12.7 Å². The number of amides is 1. The Morgan fingerprint density at radius 3 is 2.87 bits per heavy atom. The Balaban J connectivity index is 1.69. The Bertz CT molecular complexity index is 1090. The van der Waals surface area contributed by atoms with Crippen molar-refractivity contribution in [1.82, 2.24) is 25.2 Å². The van der Waals surface area contributed by atoms with E-state index in [0.29, 0.717) is 30.0 Å². The number of aromatic nitrogens is 4. The van der Waals surface area contributed by atoms with Gasteiger partial charge in [-0.15, -0.1) is 0 Å². The van der Waals surface area contributed by atoms with Crippen molar-refractivity contribution in [2.75, 3.05) is 39.2 Å². The summed E-state index contributed by atoms with van der Waals surface area (Å²) in [6.07, 6.45) is 1.75. The van der Waals surface area contributed by atoms with Crippen LogP contribution in [0.15, 0.2) is 22.7 Å². The Kier molecular flexibility index (Phi) is 5.62. The molecule has 1 saturated heterocycles. The molecule has 1 fully saturated rings. The third-order valence-corrected chi connectivity index (χ3v) is 5.41. The highest BCUT2D eigenvalue weighted by Crippen LogP contribution is 2.35. The van der Waals surface area contributed by atoms with Gasteiger partial charge in [-0.25, -0.2) is 9.37 Å². The zero-order chi connectivity index (χ0) is 22.1. The molecule has 0 bridgehead atoms. The fourth-order valence-corrected chi connectivity index (χ4v) is 3.85. The highest BCUT2D eigenvalue weighted by Gasteiger charge is 2.33. The molecule has 3 heterocycles. The molecule has 1 atom stereocenters. The zero-order valence-corrected chi connectivity index (χ0v) is 18.0. The first-order chi connectivity index (χ1) is 14.9. The topological polar surface area (TPSA) is 100 Å². The van der Waals surface area contributed by atoms with Crippen LogP contribution in [-0.2, 0) is 0 Å². The zero-order valence-electron chi connectivity index (χ0n) is 18.0. The van der Waals surface area contributed by atoms with Crippen LogP contribution in [0.4, 0.5) is 10.2 Å². The molecule has 1 aliphatic rings. The van der Waals surface area contributed by atoms with Gasteiger partial charge in [0.1, 0.15) is 11.4 Å². The molecule has 164 valence electrons. The van der Waals surface area contributed by atoms with Crippen molar-refractivity contribution in [3.05, 3.63) is 41.2 Å². The number of hydrogen-bond acceptors (Lipinski definition) is 7. The van der Waals surface area contributed by atoms with Gasteiger partial charge in [-0.1, -0.05) is 5.16 Å². The van der Waals surface area contributed by atoms with Crippen molar-refractivity contribution in [2.24, 2.45) is 0 Å². The summed E-state index contributed by atoms with van der Waals surface area (Å²) in [6, 6.07) is 4.33. The van der Waals surface area contributed by atoms with E-state index in [1.54, 1.807) is 30.0 Å². The van der Waals surface area contributed by atoms with Gasteiger partial charge in [-0.3, -0.25) is 9.89 Å². The van der Waals surface area contributed by atoms with Crippen molar-refractivity contribution in [3.8, 4) is 17.1 Å². The first kappa shape index (κ1) is 20.8. The summed E-state index contributed by atoms with van der Waals surface area (Å²) >= 11 is 0. The summed E-state index contributed by atoms with van der Waals surface area (Å²) in [4.78, 5) is 21.6. The van der Waals surface area contributed by atoms with E-state index in [-0.39, 0.29) is 23.3 Å². The van der Waals surface area contributed by atoms with Gasteiger partial charge in [0.2, 0.25) is 0 Å². The minimum atomic E-state index is -0.493. The van der Waals surface area contributed by atoms with E-state index in [2.05, 4.69) is 20.3 Å². The molecule has 1 N–H and O–H groups in total. The second kappa shape index (κ2) is 8.37. The number of piperidine rings is 1. The minimum Gasteiger partial charge on any atom is -0.494 e. The van der Waals surface area contributed by atoms with Gasteiger partial charge in [-0.2, -0.15) is 5.10 Å². The summed E-state index contributed by atoms with van der Waals surface area (Å²) in [5.74, 6) is 1.60. The number of nitrogens with one attached hydrogen (secondary N) is 1. The molecule has 10 heteroatoms. The number of nitrogens with zero attached hydrogens (tertiary/aromatic N) is 5. The van der Waals surface area contributed by atoms with Gasteiger partial charge in [0.05, 0.1) is 7.11 Å². The number of carbonyl (C=O) groups excluding carboxylic acids is 1. The summed E-state index contributed by atoms with van der Waals surface area (Å²) < 4.78 is 24.6. The highest BCUT2D eigenvalue weighted by atomic mass is 19.1. The SMILES string of the molecule is COc1cc(-c2onc(N(C)C)c2C(=O)N2CCCC(c3n[nH]c(C)n3)C2)ccc1F. The lowest BCUT2D eigenvalue weighted by molar-refractivity contribution is 0.0705. The number of rotatable bonds is 5. The van der Waals surface area contributed by atoms with Gasteiger partial charge in [0.25, 0.3) is 5.91 Å².